The van der Waals surface area contributed by atoms with Gasteiger partial charge in [0.15, 0.2) is 0 Å². The quantitative estimate of drug-likeness (QED) is 0.881. The molecular weight excluding hydrogens is 328 g/mol. The van der Waals surface area contributed by atoms with Crippen LogP contribution in [-0.4, -0.2) is 40.5 Å². The van der Waals surface area contributed by atoms with Gasteiger partial charge in [0.05, 0.1) is 6.61 Å². The summed E-state index contributed by atoms with van der Waals surface area (Å²) >= 11 is 0. The Morgan fingerprint density at radius 2 is 1.81 bits per heavy atom. The predicted molar refractivity (Wildman–Crippen MR) is 102 cm³/mol. The fourth-order valence-electron chi connectivity index (χ4n) is 3.13. The van der Waals surface area contributed by atoms with Gasteiger partial charge in [-0.1, -0.05) is 12.8 Å². The highest BCUT2D eigenvalue weighted by Crippen LogP contribution is 2.20. The molecule has 1 N–H and O–H groups in total. The third kappa shape index (κ3) is 4.71. The molecule has 1 amide bonds. The van der Waals surface area contributed by atoms with Crippen LogP contribution in [0.25, 0.3) is 0 Å². The summed E-state index contributed by atoms with van der Waals surface area (Å²) in [5, 5.41) is 3.25. The van der Waals surface area contributed by atoms with E-state index < -0.39 is 0 Å². The van der Waals surface area contributed by atoms with Crippen molar-refractivity contribution in [2.24, 2.45) is 0 Å². The summed E-state index contributed by atoms with van der Waals surface area (Å²) in [5.74, 6) is 2.03. The van der Waals surface area contributed by atoms with E-state index in [1.807, 2.05) is 43.0 Å². The van der Waals surface area contributed by atoms with Crippen LogP contribution in [0.4, 0.5) is 11.5 Å². The van der Waals surface area contributed by atoms with Gasteiger partial charge in [0.2, 0.25) is 0 Å². The molecule has 1 saturated heterocycles. The Morgan fingerprint density at radius 3 is 2.46 bits per heavy atom. The van der Waals surface area contributed by atoms with Crippen LogP contribution >= 0.6 is 0 Å². The SMILES string of the molecule is CCOc1ccc(Nc2cc(C(=O)N3CCCCCC3)nc(C)n2)cc1. The van der Waals surface area contributed by atoms with Crippen molar-refractivity contribution < 1.29 is 9.53 Å². The van der Waals surface area contributed by atoms with Crippen LogP contribution in [0.15, 0.2) is 30.3 Å². The topological polar surface area (TPSA) is 67.3 Å². The number of anilines is 2. The first kappa shape index (κ1) is 18.2. The van der Waals surface area contributed by atoms with Gasteiger partial charge >= 0.3 is 0 Å². The minimum absolute atomic E-state index is 0.00727. The molecule has 2 aromatic rings. The lowest BCUT2D eigenvalue weighted by Crippen LogP contribution is -2.32. The Hall–Kier alpha value is -2.63. The minimum atomic E-state index is -0.00727. The molecule has 0 aliphatic carbocycles. The van der Waals surface area contributed by atoms with Gasteiger partial charge in [-0.2, -0.15) is 0 Å². The molecule has 0 saturated carbocycles. The number of nitrogens with one attached hydrogen (secondary N) is 1. The van der Waals surface area contributed by atoms with Crippen molar-refractivity contribution >= 4 is 17.4 Å². The van der Waals surface area contributed by atoms with Crippen LogP contribution in [-0.2, 0) is 0 Å². The van der Waals surface area contributed by atoms with Crippen molar-refractivity contribution in [3.05, 3.63) is 41.9 Å². The van der Waals surface area contributed by atoms with Crippen LogP contribution in [0.1, 0.15) is 48.9 Å². The second kappa shape index (κ2) is 8.65. The Bertz CT molecular complexity index is 738. The lowest BCUT2D eigenvalue weighted by Gasteiger charge is -2.20. The third-order valence-electron chi connectivity index (χ3n) is 4.39. The monoisotopic (exact) mass is 354 g/mol. The zero-order valence-electron chi connectivity index (χ0n) is 15.5. The van der Waals surface area contributed by atoms with E-state index in [2.05, 4.69) is 15.3 Å². The highest BCUT2D eigenvalue weighted by molar-refractivity contribution is 5.93. The molecule has 6 nitrogen and oxygen atoms in total. The molecule has 1 aromatic carbocycles. The molecule has 1 fully saturated rings. The number of aromatic nitrogens is 2. The van der Waals surface area contributed by atoms with Gasteiger partial charge in [0.1, 0.15) is 23.1 Å². The molecule has 1 aromatic heterocycles. The second-order valence-electron chi connectivity index (χ2n) is 6.47. The molecule has 1 aliphatic rings. The van der Waals surface area contributed by atoms with Crippen molar-refractivity contribution in [3.63, 3.8) is 0 Å². The molecule has 0 radical (unpaired) electrons. The molecule has 0 atom stereocenters. The Balaban J connectivity index is 1.75. The first-order valence-electron chi connectivity index (χ1n) is 9.30. The highest BCUT2D eigenvalue weighted by Gasteiger charge is 2.19. The summed E-state index contributed by atoms with van der Waals surface area (Å²) in [7, 11) is 0. The van der Waals surface area contributed by atoms with Crippen molar-refractivity contribution in [2.45, 2.75) is 39.5 Å². The summed E-state index contributed by atoms with van der Waals surface area (Å²) in [6.45, 7) is 6.02. The Labute approximate surface area is 154 Å². The molecule has 0 unspecified atom stereocenters. The molecule has 6 heteroatoms. The van der Waals surface area contributed by atoms with Gasteiger partial charge in [-0.25, -0.2) is 9.97 Å². The fourth-order valence-corrected chi connectivity index (χ4v) is 3.13. The Morgan fingerprint density at radius 1 is 1.12 bits per heavy atom. The van der Waals surface area contributed by atoms with Gasteiger partial charge in [0.25, 0.3) is 5.91 Å². The molecular formula is C20H26N4O2. The zero-order valence-corrected chi connectivity index (χ0v) is 15.5. The van der Waals surface area contributed by atoms with Crippen molar-refractivity contribution in [2.75, 3.05) is 25.0 Å². The number of benzene rings is 1. The fraction of sp³-hybridized carbons (Fsp3) is 0.450. The number of amides is 1. The Kier molecular flexibility index (Phi) is 6.04. The number of nitrogens with zero attached hydrogens (tertiary/aromatic N) is 3. The van der Waals surface area contributed by atoms with E-state index in [1.54, 1.807) is 6.07 Å². The van der Waals surface area contributed by atoms with E-state index in [9.17, 15) is 4.79 Å². The van der Waals surface area contributed by atoms with Gasteiger partial charge in [-0.15, -0.1) is 0 Å². The number of carbonyl (C=O) groups is 1. The van der Waals surface area contributed by atoms with E-state index in [0.717, 1.165) is 37.4 Å². The van der Waals surface area contributed by atoms with Crippen LogP contribution < -0.4 is 10.1 Å². The average molecular weight is 354 g/mol. The van der Waals surface area contributed by atoms with Gasteiger partial charge < -0.3 is 15.0 Å². The van der Waals surface area contributed by atoms with Gasteiger partial charge in [-0.05, 0) is 51.0 Å². The van der Waals surface area contributed by atoms with Crippen molar-refractivity contribution in [3.8, 4) is 5.75 Å². The van der Waals surface area contributed by atoms with E-state index in [-0.39, 0.29) is 5.91 Å². The first-order chi connectivity index (χ1) is 12.7. The number of hydrogen-bond donors (Lipinski definition) is 1. The molecule has 1 aliphatic heterocycles. The standard InChI is InChI=1S/C20H26N4O2/c1-3-26-17-10-8-16(9-11-17)23-19-14-18(21-15(2)22-19)20(25)24-12-6-4-5-7-13-24/h8-11,14H,3-7,12-13H2,1-2H3,(H,21,22,23). The third-order valence-corrected chi connectivity index (χ3v) is 4.39. The number of ether oxygens (including phenoxy) is 1. The molecule has 2 heterocycles. The summed E-state index contributed by atoms with van der Waals surface area (Å²) in [5.41, 5.74) is 1.34. The van der Waals surface area contributed by atoms with Crippen LogP contribution in [0, 0.1) is 6.92 Å². The summed E-state index contributed by atoms with van der Waals surface area (Å²) < 4.78 is 5.45. The summed E-state index contributed by atoms with van der Waals surface area (Å²) in [6.07, 6.45) is 4.51. The normalized spacial score (nSPS) is 14.6. The molecule has 138 valence electrons. The lowest BCUT2D eigenvalue weighted by atomic mass is 10.2. The van der Waals surface area contributed by atoms with E-state index in [4.69, 9.17) is 4.74 Å². The van der Waals surface area contributed by atoms with E-state index in [1.165, 1.54) is 12.8 Å². The molecule has 26 heavy (non-hydrogen) atoms. The maximum atomic E-state index is 12.8. The van der Waals surface area contributed by atoms with E-state index >= 15 is 0 Å². The van der Waals surface area contributed by atoms with Gasteiger partial charge in [-0.3, -0.25) is 4.79 Å². The summed E-state index contributed by atoms with van der Waals surface area (Å²) in [4.78, 5) is 23.5. The largest absolute Gasteiger partial charge is 0.494 e. The van der Waals surface area contributed by atoms with E-state index in [0.29, 0.717) is 23.9 Å². The van der Waals surface area contributed by atoms with Crippen LogP contribution in [0.2, 0.25) is 0 Å². The van der Waals surface area contributed by atoms with Gasteiger partial charge in [0, 0.05) is 24.8 Å². The average Bonchev–Trinajstić information content (AvgIpc) is 2.92. The van der Waals surface area contributed by atoms with Crippen molar-refractivity contribution in [1.29, 1.82) is 0 Å². The molecule has 0 bridgehead atoms. The van der Waals surface area contributed by atoms with Crippen molar-refractivity contribution in [1.82, 2.24) is 14.9 Å². The molecule has 3 rings (SSSR count). The zero-order chi connectivity index (χ0) is 18.4. The van der Waals surface area contributed by atoms with Crippen LogP contribution in [0.3, 0.4) is 0 Å². The maximum absolute atomic E-state index is 12.8. The summed E-state index contributed by atoms with van der Waals surface area (Å²) in [6, 6.07) is 9.40. The predicted octanol–water partition coefficient (Wildman–Crippen LogP) is 3.94. The number of hydrogen-bond acceptors (Lipinski definition) is 5. The molecule has 0 spiro atoms. The van der Waals surface area contributed by atoms with Crippen LogP contribution in [0.5, 0.6) is 5.75 Å². The maximum Gasteiger partial charge on any atom is 0.272 e. The first-order valence-corrected chi connectivity index (χ1v) is 9.30. The number of rotatable bonds is 5. The highest BCUT2D eigenvalue weighted by atomic mass is 16.5. The second-order valence-corrected chi connectivity index (χ2v) is 6.47. The number of carbonyl (C=O) groups excluding carboxylic acids is 1. The number of aryl methyl sites for hydroxylation is 1. The lowest BCUT2D eigenvalue weighted by molar-refractivity contribution is 0.0755. The smallest absolute Gasteiger partial charge is 0.272 e. The minimum Gasteiger partial charge on any atom is -0.494 e. The number of likely N-dealkylation sites (tertiary alicyclic amines) is 1.